The lowest BCUT2D eigenvalue weighted by atomic mass is 10.0. The Labute approximate surface area is 119 Å². The van der Waals surface area contributed by atoms with Crippen LogP contribution in [-0.2, 0) is 9.59 Å². The number of nitrogens with zero attached hydrogens (tertiary/aromatic N) is 1. The smallest absolute Gasteiger partial charge is 0.241 e. The Kier molecular flexibility index (Phi) is 4.39. The van der Waals surface area contributed by atoms with Crippen LogP contribution in [0.2, 0.25) is 0 Å². The lowest BCUT2D eigenvalue weighted by molar-refractivity contribution is -0.118. The highest BCUT2D eigenvalue weighted by Crippen LogP contribution is 2.23. The zero-order valence-corrected chi connectivity index (χ0v) is 11.9. The summed E-state index contributed by atoms with van der Waals surface area (Å²) < 4.78 is 0. The van der Waals surface area contributed by atoms with Crippen LogP contribution in [0.15, 0.2) is 24.3 Å². The minimum atomic E-state index is -0.519. The molecule has 1 saturated heterocycles. The van der Waals surface area contributed by atoms with E-state index in [9.17, 15) is 9.59 Å². The first kappa shape index (κ1) is 14.5. The Hall–Kier alpha value is -1.88. The molecule has 3 N–H and O–H groups in total. The van der Waals surface area contributed by atoms with Gasteiger partial charge in [-0.2, -0.15) is 0 Å². The van der Waals surface area contributed by atoms with Crippen molar-refractivity contribution in [1.82, 2.24) is 0 Å². The van der Waals surface area contributed by atoms with E-state index in [1.54, 1.807) is 17.0 Å². The molecular formula is C15H21N3O2. The minimum Gasteiger partial charge on any atom is -0.325 e. The zero-order valence-electron chi connectivity index (χ0n) is 11.9. The first-order chi connectivity index (χ1) is 9.49. The average molecular weight is 275 g/mol. The van der Waals surface area contributed by atoms with Crippen molar-refractivity contribution in [2.24, 2.45) is 11.7 Å². The summed E-state index contributed by atoms with van der Waals surface area (Å²) in [5.74, 6) is 0.0603. The topological polar surface area (TPSA) is 75.4 Å². The number of hydrogen-bond acceptors (Lipinski definition) is 3. The number of hydrogen-bond donors (Lipinski definition) is 2. The van der Waals surface area contributed by atoms with Crippen molar-refractivity contribution in [2.45, 2.75) is 32.7 Å². The summed E-state index contributed by atoms with van der Waals surface area (Å²) in [7, 11) is 0. The quantitative estimate of drug-likeness (QED) is 0.878. The molecule has 0 radical (unpaired) electrons. The van der Waals surface area contributed by atoms with E-state index in [1.807, 2.05) is 26.0 Å². The van der Waals surface area contributed by atoms with Gasteiger partial charge < -0.3 is 16.0 Å². The number of carbonyl (C=O) groups excluding carboxylic acids is 2. The number of anilines is 2. The van der Waals surface area contributed by atoms with Gasteiger partial charge in [0.05, 0.1) is 6.04 Å². The van der Waals surface area contributed by atoms with Crippen molar-refractivity contribution in [2.75, 3.05) is 16.8 Å². The second-order valence-corrected chi connectivity index (χ2v) is 5.45. The van der Waals surface area contributed by atoms with E-state index in [-0.39, 0.29) is 17.7 Å². The van der Waals surface area contributed by atoms with Crippen LogP contribution in [0.25, 0.3) is 0 Å². The Balaban J connectivity index is 2.01. The average Bonchev–Trinajstić information content (AvgIpc) is 2.85. The number of nitrogens with two attached hydrogens (primary N) is 1. The van der Waals surface area contributed by atoms with Crippen molar-refractivity contribution in [3.63, 3.8) is 0 Å². The summed E-state index contributed by atoms with van der Waals surface area (Å²) in [5, 5.41) is 2.78. The van der Waals surface area contributed by atoms with Gasteiger partial charge in [-0.05, 0) is 36.6 Å². The van der Waals surface area contributed by atoms with Gasteiger partial charge in [-0.25, -0.2) is 0 Å². The molecule has 0 spiro atoms. The van der Waals surface area contributed by atoms with Crippen LogP contribution in [0.5, 0.6) is 0 Å². The molecule has 5 nitrogen and oxygen atoms in total. The highest BCUT2D eigenvalue weighted by atomic mass is 16.2. The molecule has 20 heavy (non-hydrogen) atoms. The highest BCUT2D eigenvalue weighted by Gasteiger charge is 2.21. The Bertz CT molecular complexity index is 496. The van der Waals surface area contributed by atoms with Gasteiger partial charge in [0, 0.05) is 24.3 Å². The molecule has 0 bridgehead atoms. The van der Waals surface area contributed by atoms with E-state index >= 15 is 0 Å². The fourth-order valence-electron chi connectivity index (χ4n) is 2.17. The second-order valence-electron chi connectivity index (χ2n) is 5.45. The van der Waals surface area contributed by atoms with E-state index in [1.165, 1.54) is 0 Å². The van der Waals surface area contributed by atoms with Crippen molar-refractivity contribution in [3.8, 4) is 0 Å². The third-order valence-electron chi connectivity index (χ3n) is 3.54. The summed E-state index contributed by atoms with van der Waals surface area (Å²) in [6.07, 6.45) is 1.52. The lowest BCUT2D eigenvalue weighted by Gasteiger charge is -2.17. The molecule has 2 rings (SSSR count). The summed E-state index contributed by atoms with van der Waals surface area (Å²) >= 11 is 0. The van der Waals surface area contributed by atoms with Crippen molar-refractivity contribution >= 4 is 23.2 Å². The minimum absolute atomic E-state index is 0.0940. The summed E-state index contributed by atoms with van der Waals surface area (Å²) in [4.78, 5) is 25.3. The molecule has 1 aliphatic heterocycles. The van der Waals surface area contributed by atoms with Crippen molar-refractivity contribution < 1.29 is 9.59 Å². The van der Waals surface area contributed by atoms with Gasteiger partial charge in [0.1, 0.15) is 0 Å². The molecule has 0 aliphatic carbocycles. The number of rotatable bonds is 4. The fraction of sp³-hybridized carbons (Fsp3) is 0.467. The van der Waals surface area contributed by atoms with Gasteiger partial charge in [-0.15, -0.1) is 0 Å². The monoisotopic (exact) mass is 275 g/mol. The largest absolute Gasteiger partial charge is 0.325 e. The molecular weight excluding hydrogens is 254 g/mol. The highest BCUT2D eigenvalue weighted by molar-refractivity contribution is 5.97. The number of benzene rings is 1. The van der Waals surface area contributed by atoms with E-state index in [0.717, 1.165) is 18.7 Å². The Morgan fingerprint density at radius 3 is 2.45 bits per heavy atom. The number of nitrogens with one attached hydrogen (secondary N) is 1. The lowest BCUT2D eigenvalue weighted by Crippen LogP contribution is -2.39. The molecule has 1 fully saturated rings. The predicted octanol–water partition coefficient (Wildman–Crippen LogP) is 1.74. The summed E-state index contributed by atoms with van der Waals surface area (Å²) in [6, 6.07) is 6.77. The van der Waals surface area contributed by atoms with Crippen LogP contribution in [0.3, 0.4) is 0 Å². The van der Waals surface area contributed by atoms with Gasteiger partial charge in [-0.3, -0.25) is 9.59 Å². The molecule has 1 heterocycles. The third-order valence-corrected chi connectivity index (χ3v) is 3.54. The molecule has 5 heteroatoms. The van der Waals surface area contributed by atoms with Crippen LogP contribution >= 0.6 is 0 Å². The Morgan fingerprint density at radius 2 is 1.95 bits per heavy atom. The molecule has 108 valence electrons. The van der Waals surface area contributed by atoms with E-state index in [2.05, 4.69) is 5.32 Å². The molecule has 2 amide bonds. The normalized spacial score (nSPS) is 16.6. The number of carbonyl (C=O) groups is 2. The van der Waals surface area contributed by atoms with Crippen LogP contribution < -0.4 is 16.0 Å². The SMILES string of the molecule is CC(C)C(N)C(=O)Nc1ccc(N2CCCC2=O)cc1. The molecule has 1 aromatic rings. The van der Waals surface area contributed by atoms with Gasteiger partial charge >= 0.3 is 0 Å². The summed E-state index contributed by atoms with van der Waals surface area (Å²) in [5.41, 5.74) is 7.36. The molecule has 0 saturated carbocycles. The maximum Gasteiger partial charge on any atom is 0.241 e. The van der Waals surface area contributed by atoms with Gasteiger partial charge in [0.15, 0.2) is 0 Å². The van der Waals surface area contributed by atoms with Crippen LogP contribution in [0, 0.1) is 5.92 Å². The van der Waals surface area contributed by atoms with E-state index in [0.29, 0.717) is 12.1 Å². The fourth-order valence-corrected chi connectivity index (χ4v) is 2.17. The van der Waals surface area contributed by atoms with Crippen molar-refractivity contribution in [3.05, 3.63) is 24.3 Å². The molecule has 0 aromatic heterocycles. The van der Waals surface area contributed by atoms with Crippen LogP contribution in [0.1, 0.15) is 26.7 Å². The number of amides is 2. The van der Waals surface area contributed by atoms with Gasteiger partial charge in [0.2, 0.25) is 11.8 Å². The molecule has 1 aliphatic rings. The zero-order chi connectivity index (χ0) is 14.7. The van der Waals surface area contributed by atoms with Gasteiger partial charge in [0.25, 0.3) is 0 Å². The predicted molar refractivity (Wildman–Crippen MR) is 79.5 cm³/mol. The first-order valence-electron chi connectivity index (χ1n) is 6.96. The maximum atomic E-state index is 11.8. The van der Waals surface area contributed by atoms with Crippen LogP contribution in [-0.4, -0.2) is 24.4 Å². The molecule has 1 unspecified atom stereocenters. The molecule has 1 atom stereocenters. The third kappa shape index (κ3) is 3.17. The molecule has 1 aromatic carbocycles. The maximum absolute atomic E-state index is 11.8. The Morgan fingerprint density at radius 1 is 1.30 bits per heavy atom. The van der Waals surface area contributed by atoms with E-state index in [4.69, 9.17) is 5.73 Å². The standard InChI is InChI=1S/C15H21N3O2/c1-10(2)14(16)15(20)17-11-5-7-12(8-6-11)18-9-3-4-13(18)19/h5-8,10,14H,3-4,9,16H2,1-2H3,(H,17,20). The second kappa shape index (κ2) is 6.05. The van der Waals surface area contributed by atoms with Gasteiger partial charge in [-0.1, -0.05) is 13.8 Å². The summed E-state index contributed by atoms with van der Waals surface area (Å²) in [6.45, 7) is 4.58. The van der Waals surface area contributed by atoms with E-state index < -0.39 is 6.04 Å². The first-order valence-corrected chi connectivity index (χ1v) is 6.96. The van der Waals surface area contributed by atoms with Crippen LogP contribution in [0.4, 0.5) is 11.4 Å². The van der Waals surface area contributed by atoms with Crippen molar-refractivity contribution in [1.29, 1.82) is 0 Å².